The van der Waals surface area contributed by atoms with E-state index < -0.39 is 5.97 Å². The zero-order valence-corrected chi connectivity index (χ0v) is 12.0. The number of hydrogen-bond acceptors (Lipinski definition) is 5. The predicted octanol–water partition coefficient (Wildman–Crippen LogP) is 1.94. The van der Waals surface area contributed by atoms with Gasteiger partial charge in [-0.05, 0) is 37.5 Å². The van der Waals surface area contributed by atoms with E-state index in [1.165, 1.54) is 7.11 Å². The van der Waals surface area contributed by atoms with E-state index in [4.69, 9.17) is 10.5 Å². The Kier molecular flexibility index (Phi) is 4.49. The number of nitrogens with one attached hydrogen (secondary N) is 1. The van der Waals surface area contributed by atoms with E-state index in [2.05, 4.69) is 5.32 Å². The molecule has 0 saturated heterocycles. The van der Waals surface area contributed by atoms with Crippen molar-refractivity contribution in [2.24, 2.45) is 5.92 Å². The van der Waals surface area contributed by atoms with Crippen LogP contribution in [0.25, 0.3) is 0 Å². The van der Waals surface area contributed by atoms with Gasteiger partial charge in [-0.3, -0.25) is 0 Å². The van der Waals surface area contributed by atoms with E-state index in [0.717, 1.165) is 30.5 Å². The van der Waals surface area contributed by atoms with Crippen molar-refractivity contribution in [2.45, 2.75) is 32.2 Å². The summed E-state index contributed by atoms with van der Waals surface area (Å²) in [5, 5.41) is 12.8. The molecule has 0 spiro atoms. The second kappa shape index (κ2) is 6.13. The lowest BCUT2D eigenvalue weighted by Gasteiger charge is -2.21. The number of rotatable bonds is 4. The number of methoxy groups -OCH3 is 1. The first-order valence-electron chi connectivity index (χ1n) is 6.92. The van der Waals surface area contributed by atoms with Crippen LogP contribution >= 0.6 is 0 Å². The Labute approximate surface area is 119 Å². The smallest absolute Gasteiger partial charge is 0.340 e. The molecule has 110 valence electrons. The van der Waals surface area contributed by atoms with Crippen LogP contribution in [0.2, 0.25) is 0 Å². The summed E-state index contributed by atoms with van der Waals surface area (Å²) < 4.78 is 4.75. The molecule has 0 bridgehead atoms. The number of carbonyl (C=O) groups is 1. The Morgan fingerprint density at radius 2 is 2.25 bits per heavy atom. The third-order valence-corrected chi connectivity index (χ3v) is 4.04. The average Bonchev–Trinajstić information content (AvgIpc) is 2.88. The van der Waals surface area contributed by atoms with E-state index in [1.54, 1.807) is 6.07 Å². The Hall–Kier alpha value is -1.75. The number of carbonyl (C=O) groups excluding carboxylic acids is 1. The molecule has 2 unspecified atom stereocenters. The lowest BCUT2D eigenvalue weighted by atomic mass is 10.0. The quantitative estimate of drug-likeness (QED) is 0.579. The maximum atomic E-state index is 11.7. The number of nitrogens with two attached hydrogens (primary N) is 1. The van der Waals surface area contributed by atoms with Crippen LogP contribution in [0, 0.1) is 12.8 Å². The van der Waals surface area contributed by atoms with Gasteiger partial charge in [0.2, 0.25) is 0 Å². The summed E-state index contributed by atoms with van der Waals surface area (Å²) in [7, 11) is 1.34. The number of aryl methyl sites for hydroxylation is 1. The molecule has 5 nitrogen and oxygen atoms in total. The first kappa shape index (κ1) is 14.7. The van der Waals surface area contributed by atoms with Gasteiger partial charge < -0.3 is 20.9 Å². The Balaban J connectivity index is 2.24. The maximum Gasteiger partial charge on any atom is 0.340 e. The van der Waals surface area contributed by atoms with Gasteiger partial charge in [0.05, 0.1) is 12.7 Å². The second-order valence-corrected chi connectivity index (χ2v) is 5.37. The molecule has 0 amide bonds. The number of hydrogen-bond donors (Lipinski definition) is 3. The molecular weight excluding hydrogens is 256 g/mol. The molecule has 1 aliphatic carbocycles. The molecule has 1 aromatic rings. The summed E-state index contributed by atoms with van der Waals surface area (Å²) in [6, 6.07) is 3.89. The van der Waals surface area contributed by atoms with Gasteiger partial charge in [0, 0.05) is 29.9 Å². The highest BCUT2D eigenvalue weighted by Crippen LogP contribution is 2.30. The van der Waals surface area contributed by atoms with Gasteiger partial charge in [0.1, 0.15) is 0 Å². The fourth-order valence-corrected chi connectivity index (χ4v) is 2.82. The summed E-state index contributed by atoms with van der Waals surface area (Å²) >= 11 is 0. The number of benzene rings is 1. The zero-order chi connectivity index (χ0) is 14.7. The molecule has 2 atom stereocenters. The zero-order valence-electron chi connectivity index (χ0n) is 12.0. The van der Waals surface area contributed by atoms with Crippen molar-refractivity contribution >= 4 is 17.3 Å². The second-order valence-electron chi connectivity index (χ2n) is 5.37. The van der Waals surface area contributed by atoms with E-state index in [1.807, 2.05) is 13.0 Å². The van der Waals surface area contributed by atoms with Crippen LogP contribution in [-0.4, -0.2) is 30.8 Å². The molecule has 0 heterocycles. The Morgan fingerprint density at radius 3 is 2.90 bits per heavy atom. The monoisotopic (exact) mass is 278 g/mol. The van der Waals surface area contributed by atoms with E-state index >= 15 is 0 Å². The Morgan fingerprint density at radius 1 is 1.50 bits per heavy atom. The molecule has 1 saturated carbocycles. The summed E-state index contributed by atoms with van der Waals surface area (Å²) in [5.41, 5.74) is 8.45. The first-order chi connectivity index (χ1) is 9.56. The summed E-state index contributed by atoms with van der Waals surface area (Å²) in [6.45, 7) is 2.06. The van der Waals surface area contributed by atoms with Crippen LogP contribution in [0.3, 0.4) is 0 Å². The number of aliphatic hydroxyl groups excluding tert-OH is 1. The van der Waals surface area contributed by atoms with Crippen molar-refractivity contribution in [3.63, 3.8) is 0 Å². The number of ether oxygens (including phenoxy) is 1. The lowest BCUT2D eigenvalue weighted by Crippen LogP contribution is -2.26. The minimum Gasteiger partial charge on any atom is -0.465 e. The highest BCUT2D eigenvalue weighted by molar-refractivity contribution is 5.97. The molecule has 0 aromatic heterocycles. The normalized spacial score (nSPS) is 21.8. The molecule has 0 aliphatic heterocycles. The molecule has 2 rings (SSSR count). The van der Waals surface area contributed by atoms with Crippen LogP contribution in [0.1, 0.15) is 35.2 Å². The van der Waals surface area contributed by atoms with Crippen LogP contribution < -0.4 is 11.1 Å². The van der Waals surface area contributed by atoms with Crippen molar-refractivity contribution in [3.05, 3.63) is 23.3 Å². The van der Waals surface area contributed by atoms with Gasteiger partial charge in [0.15, 0.2) is 0 Å². The number of aliphatic hydroxyl groups is 1. The predicted molar refractivity (Wildman–Crippen MR) is 78.8 cm³/mol. The molecule has 4 N–H and O–H groups in total. The first-order valence-corrected chi connectivity index (χ1v) is 6.92. The van der Waals surface area contributed by atoms with Gasteiger partial charge in [-0.1, -0.05) is 6.42 Å². The third-order valence-electron chi connectivity index (χ3n) is 4.04. The van der Waals surface area contributed by atoms with Crippen molar-refractivity contribution in [1.29, 1.82) is 0 Å². The number of anilines is 2. The van der Waals surface area contributed by atoms with Crippen molar-refractivity contribution in [3.8, 4) is 0 Å². The topological polar surface area (TPSA) is 84.6 Å². The molecule has 1 fully saturated rings. The fourth-order valence-electron chi connectivity index (χ4n) is 2.82. The average molecular weight is 278 g/mol. The Bertz CT molecular complexity index is 502. The van der Waals surface area contributed by atoms with Crippen LogP contribution in [0.5, 0.6) is 0 Å². The van der Waals surface area contributed by atoms with Gasteiger partial charge in [-0.2, -0.15) is 0 Å². The fraction of sp³-hybridized carbons (Fsp3) is 0.533. The number of esters is 1. The minimum absolute atomic E-state index is 0.190. The van der Waals surface area contributed by atoms with Gasteiger partial charge in [0.25, 0.3) is 0 Å². The molecular formula is C15H22N2O3. The van der Waals surface area contributed by atoms with Crippen molar-refractivity contribution in [1.82, 2.24) is 0 Å². The van der Waals surface area contributed by atoms with E-state index in [0.29, 0.717) is 11.3 Å². The maximum absolute atomic E-state index is 11.7. The van der Waals surface area contributed by atoms with Crippen LogP contribution in [0.15, 0.2) is 12.1 Å². The van der Waals surface area contributed by atoms with Gasteiger partial charge >= 0.3 is 5.97 Å². The largest absolute Gasteiger partial charge is 0.465 e. The van der Waals surface area contributed by atoms with E-state index in [9.17, 15) is 9.90 Å². The van der Waals surface area contributed by atoms with E-state index in [-0.39, 0.29) is 18.6 Å². The highest BCUT2D eigenvalue weighted by atomic mass is 16.5. The molecule has 1 aliphatic rings. The lowest BCUT2D eigenvalue weighted by molar-refractivity contribution is 0.0602. The van der Waals surface area contributed by atoms with Crippen molar-refractivity contribution < 1.29 is 14.6 Å². The van der Waals surface area contributed by atoms with Gasteiger partial charge in [-0.15, -0.1) is 0 Å². The standard InChI is InChI=1S/C15H22N2O3/c1-9-6-11(7-12(14(9)16)15(19)20-2)17-13-5-3-4-10(13)8-18/h6-7,10,13,17-18H,3-5,8,16H2,1-2H3. The highest BCUT2D eigenvalue weighted by Gasteiger charge is 2.26. The molecule has 0 radical (unpaired) electrons. The van der Waals surface area contributed by atoms with Crippen LogP contribution in [0.4, 0.5) is 11.4 Å². The summed E-state index contributed by atoms with van der Waals surface area (Å²) in [5.74, 6) is -0.159. The molecule has 1 aromatic carbocycles. The minimum atomic E-state index is -0.431. The van der Waals surface area contributed by atoms with Crippen LogP contribution in [-0.2, 0) is 4.74 Å². The third kappa shape index (κ3) is 2.88. The van der Waals surface area contributed by atoms with Crippen molar-refractivity contribution in [2.75, 3.05) is 24.8 Å². The number of nitrogen functional groups attached to an aromatic ring is 1. The summed E-state index contributed by atoms with van der Waals surface area (Å²) in [6.07, 6.45) is 3.18. The SMILES string of the molecule is COC(=O)c1cc(NC2CCCC2CO)cc(C)c1N. The molecule has 5 heteroatoms. The summed E-state index contributed by atoms with van der Waals surface area (Å²) in [4.78, 5) is 11.7. The molecule has 20 heavy (non-hydrogen) atoms. The van der Waals surface area contributed by atoms with Gasteiger partial charge in [-0.25, -0.2) is 4.79 Å².